The van der Waals surface area contributed by atoms with Crippen LogP contribution in [0.1, 0.15) is 18.4 Å². The van der Waals surface area contributed by atoms with Crippen LogP contribution in [-0.4, -0.2) is 41.2 Å². The lowest BCUT2D eigenvalue weighted by Gasteiger charge is -2.34. The first kappa shape index (κ1) is 27.3. The lowest BCUT2D eigenvalue weighted by atomic mass is 9.99. The van der Waals surface area contributed by atoms with Crippen molar-refractivity contribution in [2.75, 3.05) is 30.4 Å². The van der Waals surface area contributed by atoms with Crippen LogP contribution in [0.3, 0.4) is 0 Å². The second-order valence-corrected chi connectivity index (χ2v) is 9.33. The molecule has 0 bridgehead atoms. The normalized spacial score (nSPS) is 15.7. The van der Waals surface area contributed by atoms with Gasteiger partial charge in [0.25, 0.3) is 0 Å². The number of anilines is 3. The zero-order chi connectivity index (χ0) is 28.4. The summed E-state index contributed by atoms with van der Waals surface area (Å²) >= 11 is 0. The lowest BCUT2D eigenvalue weighted by Crippen LogP contribution is -2.43. The van der Waals surface area contributed by atoms with Gasteiger partial charge in [-0.15, -0.1) is 0 Å². The predicted molar refractivity (Wildman–Crippen MR) is 141 cm³/mol. The number of nitrogens with two attached hydrogens (primary N) is 1. The van der Waals surface area contributed by atoms with Crippen molar-refractivity contribution in [1.29, 1.82) is 0 Å². The summed E-state index contributed by atoms with van der Waals surface area (Å²) in [6, 6.07) is 10.4. The van der Waals surface area contributed by atoms with Gasteiger partial charge in [0.1, 0.15) is 29.0 Å². The molecule has 0 amide bonds. The van der Waals surface area contributed by atoms with Crippen LogP contribution in [0.4, 0.5) is 39.3 Å². The molecule has 5 rings (SSSR count). The van der Waals surface area contributed by atoms with E-state index in [1.807, 2.05) is 4.90 Å². The van der Waals surface area contributed by atoms with E-state index >= 15 is 0 Å². The molecule has 0 unspecified atom stereocenters. The summed E-state index contributed by atoms with van der Waals surface area (Å²) in [6.07, 6.45) is -0.364. The number of hydrogen-bond acceptors (Lipinski definition) is 7. The van der Waals surface area contributed by atoms with Crippen LogP contribution in [0.2, 0.25) is 0 Å². The third kappa shape index (κ3) is 5.67. The molecular formula is C28H25F5N6O. The molecule has 4 aromatic rings. The van der Waals surface area contributed by atoms with E-state index in [0.717, 1.165) is 25.0 Å². The first-order chi connectivity index (χ1) is 19.1. The zero-order valence-electron chi connectivity index (χ0n) is 21.3. The highest BCUT2D eigenvalue weighted by Gasteiger charge is 2.34. The third-order valence-electron chi connectivity index (χ3n) is 6.59. The highest BCUT2D eigenvalue weighted by atomic mass is 19.4. The van der Waals surface area contributed by atoms with Crippen LogP contribution >= 0.6 is 0 Å². The molecule has 3 N–H and O–H groups in total. The van der Waals surface area contributed by atoms with E-state index in [2.05, 4.69) is 20.3 Å². The number of pyridine rings is 1. The Kier molecular flexibility index (Phi) is 7.53. The second-order valence-electron chi connectivity index (χ2n) is 9.33. The summed E-state index contributed by atoms with van der Waals surface area (Å²) in [7, 11) is 1.42. The smallest absolute Gasteiger partial charge is 0.419 e. The molecule has 0 aliphatic carbocycles. The van der Waals surface area contributed by atoms with Gasteiger partial charge in [-0.05, 0) is 48.7 Å². The number of alkyl halides is 3. The maximum Gasteiger partial charge on any atom is 0.419 e. The molecule has 0 radical (unpaired) electrons. The Morgan fingerprint density at radius 3 is 2.60 bits per heavy atom. The fourth-order valence-corrected chi connectivity index (χ4v) is 4.71. The van der Waals surface area contributed by atoms with Crippen molar-refractivity contribution in [3.8, 4) is 28.3 Å². The largest absolute Gasteiger partial charge is 0.496 e. The minimum Gasteiger partial charge on any atom is -0.496 e. The van der Waals surface area contributed by atoms with Crippen molar-refractivity contribution in [1.82, 2.24) is 15.0 Å². The van der Waals surface area contributed by atoms with Gasteiger partial charge in [0.2, 0.25) is 0 Å². The van der Waals surface area contributed by atoms with Gasteiger partial charge in [-0.25, -0.2) is 23.7 Å². The number of methoxy groups -OCH3 is 1. The molecular weight excluding hydrogens is 531 g/mol. The minimum absolute atomic E-state index is 0.0878. The second kappa shape index (κ2) is 11.0. The van der Waals surface area contributed by atoms with Crippen LogP contribution in [-0.2, 0) is 6.18 Å². The Bertz CT molecular complexity index is 1530. The van der Waals surface area contributed by atoms with Crippen molar-refractivity contribution in [3.63, 3.8) is 0 Å². The summed E-state index contributed by atoms with van der Waals surface area (Å²) in [5.41, 5.74) is 6.07. The lowest BCUT2D eigenvalue weighted by molar-refractivity contribution is -0.139. The van der Waals surface area contributed by atoms with Crippen LogP contribution in [0.15, 0.2) is 60.9 Å². The van der Waals surface area contributed by atoms with Gasteiger partial charge in [0, 0.05) is 48.8 Å². The quantitative estimate of drug-likeness (QED) is 0.274. The van der Waals surface area contributed by atoms with Crippen molar-refractivity contribution in [2.24, 2.45) is 5.73 Å². The Balaban J connectivity index is 1.54. The SMILES string of the molecule is COc1cccc(F)c1-c1nccc(Nc2cc(N3CCC[C@H](N)C3)c(-c3ccc(F)c(C(F)(F)F)c3)cn2)n1. The molecule has 1 aliphatic rings. The molecule has 40 heavy (non-hydrogen) atoms. The van der Waals surface area contributed by atoms with E-state index in [0.29, 0.717) is 36.0 Å². The number of ether oxygens (including phenoxy) is 1. The highest BCUT2D eigenvalue weighted by Crippen LogP contribution is 2.39. The molecule has 1 atom stereocenters. The molecule has 7 nitrogen and oxygen atoms in total. The van der Waals surface area contributed by atoms with Gasteiger partial charge in [-0.1, -0.05) is 12.1 Å². The van der Waals surface area contributed by atoms with E-state index in [1.54, 1.807) is 18.2 Å². The third-order valence-corrected chi connectivity index (χ3v) is 6.59. The van der Waals surface area contributed by atoms with Gasteiger partial charge >= 0.3 is 6.18 Å². The summed E-state index contributed by atoms with van der Waals surface area (Å²) in [5.74, 6) is -0.917. The first-order valence-corrected chi connectivity index (χ1v) is 12.4. The van der Waals surface area contributed by atoms with Crippen LogP contribution in [0.25, 0.3) is 22.5 Å². The number of nitrogens with zero attached hydrogens (tertiary/aromatic N) is 4. The topological polar surface area (TPSA) is 89.2 Å². The van der Waals surface area contributed by atoms with Gasteiger partial charge in [0.15, 0.2) is 5.82 Å². The summed E-state index contributed by atoms with van der Waals surface area (Å²) in [4.78, 5) is 14.9. The van der Waals surface area contributed by atoms with Crippen molar-refractivity contribution in [3.05, 3.63) is 78.1 Å². The number of hydrogen-bond donors (Lipinski definition) is 2. The fraction of sp³-hybridized carbons (Fsp3) is 0.250. The monoisotopic (exact) mass is 556 g/mol. The van der Waals surface area contributed by atoms with Crippen LogP contribution in [0, 0.1) is 11.6 Å². The van der Waals surface area contributed by atoms with Crippen LogP contribution < -0.4 is 20.7 Å². The molecule has 2 aromatic carbocycles. The van der Waals surface area contributed by atoms with E-state index in [4.69, 9.17) is 10.5 Å². The number of halogens is 5. The Morgan fingerprint density at radius 1 is 1.02 bits per heavy atom. The fourth-order valence-electron chi connectivity index (χ4n) is 4.71. The Labute approximate surface area is 226 Å². The highest BCUT2D eigenvalue weighted by molar-refractivity contribution is 5.81. The molecule has 2 aromatic heterocycles. The van der Waals surface area contributed by atoms with E-state index < -0.39 is 23.4 Å². The summed E-state index contributed by atoms with van der Waals surface area (Å²) in [6.45, 7) is 1.11. The molecule has 1 fully saturated rings. The van der Waals surface area contributed by atoms with Gasteiger partial charge in [0.05, 0.1) is 18.2 Å². The Hall–Kier alpha value is -4.32. The maximum absolute atomic E-state index is 14.6. The molecule has 3 heterocycles. The van der Waals surface area contributed by atoms with Crippen molar-refractivity contribution in [2.45, 2.75) is 25.1 Å². The van der Waals surface area contributed by atoms with Gasteiger partial charge in [-0.2, -0.15) is 13.2 Å². The average molecular weight is 557 g/mol. The standard InChI is InChI=1S/C28H25F5N6O/c1-40-23-6-2-5-21(30)26(23)27-35-10-9-24(38-27)37-25-13-22(39-11-3-4-17(34)15-39)18(14-36-25)16-7-8-20(29)19(12-16)28(31,32)33/h2,5-10,12-14,17H,3-4,11,15,34H2,1H3,(H,35,36,37,38)/t17-/m0/s1. The van der Waals surface area contributed by atoms with Gasteiger partial charge in [-0.3, -0.25) is 0 Å². The number of nitrogens with one attached hydrogen (secondary N) is 1. The number of benzene rings is 2. The Morgan fingerprint density at radius 2 is 1.85 bits per heavy atom. The summed E-state index contributed by atoms with van der Waals surface area (Å²) in [5, 5.41) is 3.06. The molecule has 208 valence electrons. The molecule has 1 aliphatic heterocycles. The zero-order valence-corrected chi connectivity index (χ0v) is 21.3. The number of aromatic nitrogens is 3. The molecule has 0 saturated carbocycles. The average Bonchev–Trinajstić information content (AvgIpc) is 2.93. The van der Waals surface area contributed by atoms with Crippen molar-refractivity contribution >= 4 is 17.3 Å². The number of piperidine rings is 1. The van der Waals surface area contributed by atoms with E-state index in [9.17, 15) is 22.0 Å². The van der Waals surface area contributed by atoms with Crippen LogP contribution in [0.5, 0.6) is 5.75 Å². The maximum atomic E-state index is 14.6. The molecule has 0 spiro atoms. The minimum atomic E-state index is -4.85. The van der Waals surface area contributed by atoms with E-state index in [-0.39, 0.29) is 28.7 Å². The number of rotatable bonds is 6. The molecule has 12 heteroatoms. The summed E-state index contributed by atoms with van der Waals surface area (Å²) < 4.78 is 74.2. The van der Waals surface area contributed by atoms with Gasteiger partial charge < -0.3 is 20.7 Å². The van der Waals surface area contributed by atoms with Crippen molar-refractivity contribution < 1.29 is 26.7 Å². The van der Waals surface area contributed by atoms with E-state index in [1.165, 1.54) is 37.7 Å². The first-order valence-electron chi connectivity index (χ1n) is 12.4. The molecule has 1 saturated heterocycles. The predicted octanol–water partition coefficient (Wildman–Crippen LogP) is 6.18.